The Morgan fingerprint density at radius 1 is 1.41 bits per heavy atom. The van der Waals surface area contributed by atoms with Crippen molar-refractivity contribution in [2.24, 2.45) is 0 Å². The molecule has 2 heterocycles. The van der Waals surface area contributed by atoms with Crippen molar-refractivity contribution >= 4 is 16.8 Å². The van der Waals surface area contributed by atoms with Gasteiger partial charge in [-0.15, -0.1) is 0 Å². The Kier molecular flexibility index (Phi) is 4.21. The average Bonchev–Trinajstić information content (AvgIpc) is 3.13. The molecule has 4 heteroatoms. The molecular weight excluding hydrogens is 276 g/mol. The molecule has 4 nitrogen and oxygen atoms in total. The van der Waals surface area contributed by atoms with Crippen LogP contribution in [0.5, 0.6) is 0 Å². The minimum atomic E-state index is -0.0151. The third-order valence-electron chi connectivity index (χ3n) is 4.73. The van der Waals surface area contributed by atoms with Gasteiger partial charge in [-0.25, -0.2) is 0 Å². The highest BCUT2D eigenvalue weighted by molar-refractivity contribution is 5.99. The van der Waals surface area contributed by atoms with E-state index in [0.717, 1.165) is 31.6 Å². The highest BCUT2D eigenvalue weighted by Gasteiger charge is 2.17. The fourth-order valence-corrected chi connectivity index (χ4v) is 3.31. The maximum atomic E-state index is 12.3. The molecule has 1 atom stereocenters. The molecule has 1 fully saturated rings. The summed E-state index contributed by atoms with van der Waals surface area (Å²) in [5.74, 6) is -0.0151. The Morgan fingerprint density at radius 2 is 2.23 bits per heavy atom. The van der Waals surface area contributed by atoms with E-state index in [1.54, 1.807) is 0 Å². The van der Waals surface area contributed by atoms with E-state index in [-0.39, 0.29) is 12.0 Å². The number of aromatic nitrogens is 1. The summed E-state index contributed by atoms with van der Waals surface area (Å²) in [5.41, 5.74) is 4.45. The van der Waals surface area contributed by atoms with E-state index in [0.29, 0.717) is 6.54 Å². The molecule has 1 amide bonds. The van der Waals surface area contributed by atoms with Crippen LogP contribution in [0, 0.1) is 13.8 Å². The summed E-state index contributed by atoms with van der Waals surface area (Å²) < 4.78 is 7.83. The second-order valence-electron chi connectivity index (χ2n) is 6.03. The third kappa shape index (κ3) is 2.63. The second kappa shape index (κ2) is 6.13. The lowest BCUT2D eigenvalue weighted by Crippen LogP contribution is -2.31. The van der Waals surface area contributed by atoms with Crippen molar-refractivity contribution in [2.45, 2.75) is 46.3 Å². The van der Waals surface area contributed by atoms with Crippen LogP contribution in [0.2, 0.25) is 0 Å². The van der Waals surface area contributed by atoms with Crippen LogP contribution in [0.15, 0.2) is 18.2 Å². The largest absolute Gasteiger partial charge is 0.376 e. The fourth-order valence-electron chi connectivity index (χ4n) is 3.31. The molecule has 1 saturated heterocycles. The predicted molar refractivity (Wildman–Crippen MR) is 88.4 cm³/mol. The molecular formula is C18H24N2O2. The van der Waals surface area contributed by atoms with Crippen molar-refractivity contribution in [2.75, 3.05) is 13.2 Å². The van der Waals surface area contributed by atoms with Crippen LogP contribution in [0.4, 0.5) is 0 Å². The van der Waals surface area contributed by atoms with Crippen molar-refractivity contribution in [3.63, 3.8) is 0 Å². The molecule has 1 N–H and O–H groups in total. The molecule has 1 aromatic carbocycles. The Labute approximate surface area is 131 Å². The second-order valence-corrected chi connectivity index (χ2v) is 6.03. The fraction of sp³-hybridized carbons (Fsp3) is 0.500. The highest BCUT2D eigenvalue weighted by Crippen LogP contribution is 2.26. The van der Waals surface area contributed by atoms with Gasteiger partial charge in [-0.05, 0) is 57.4 Å². The van der Waals surface area contributed by atoms with Crippen molar-refractivity contribution in [3.8, 4) is 0 Å². The van der Waals surface area contributed by atoms with E-state index in [4.69, 9.17) is 4.74 Å². The number of carbonyl (C=O) groups excluding carboxylic acids is 1. The summed E-state index contributed by atoms with van der Waals surface area (Å²) >= 11 is 0. The van der Waals surface area contributed by atoms with Crippen molar-refractivity contribution in [1.82, 2.24) is 9.88 Å². The number of aryl methyl sites for hydroxylation is 2. The van der Waals surface area contributed by atoms with Crippen molar-refractivity contribution in [1.29, 1.82) is 0 Å². The molecule has 1 aromatic heterocycles. The van der Waals surface area contributed by atoms with E-state index in [1.807, 2.05) is 12.1 Å². The Morgan fingerprint density at radius 3 is 2.91 bits per heavy atom. The summed E-state index contributed by atoms with van der Waals surface area (Å²) in [5, 5.41) is 4.16. The Balaban J connectivity index is 1.82. The van der Waals surface area contributed by atoms with Gasteiger partial charge < -0.3 is 14.6 Å². The number of hydrogen-bond donors (Lipinski definition) is 1. The number of ether oxygens (including phenoxy) is 1. The van der Waals surface area contributed by atoms with Gasteiger partial charge in [0.1, 0.15) is 0 Å². The lowest BCUT2D eigenvalue weighted by Gasteiger charge is -2.11. The molecule has 1 aliphatic rings. The summed E-state index contributed by atoms with van der Waals surface area (Å²) in [6.07, 6.45) is 2.31. The molecule has 0 radical (unpaired) electrons. The molecule has 0 aliphatic carbocycles. The van der Waals surface area contributed by atoms with Crippen molar-refractivity contribution in [3.05, 3.63) is 35.0 Å². The minimum Gasteiger partial charge on any atom is -0.376 e. The maximum Gasteiger partial charge on any atom is 0.251 e. The smallest absolute Gasteiger partial charge is 0.251 e. The molecule has 22 heavy (non-hydrogen) atoms. The Hall–Kier alpha value is -1.81. The predicted octanol–water partition coefficient (Wildman–Crippen LogP) is 3.19. The van der Waals surface area contributed by atoms with E-state index in [2.05, 4.69) is 36.7 Å². The van der Waals surface area contributed by atoms with Gasteiger partial charge >= 0.3 is 0 Å². The van der Waals surface area contributed by atoms with Crippen LogP contribution in [0.1, 0.15) is 41.4 Å². The monoisotopic (exact) mass is 300 g/mol. The molecule has 1 aliphatic heterocycles. The van der Waals surface area contributed by atoms with E-state index < -0.39 is 0 Å². The standard InChI is InChI=1S/C18H24N2O2/c1-4-20-13(3)12(2)16-10-14(7-8-17(16)20)18(21)19-11-15-6-5-9-22-15/h7-8,10,15H,4-6,9,11H2,1-3H3,(H,19,21)/t15-/m1/s1. The number of hydrogen-bond acceptors (Lipinski definition) is 2. The highest BCUT2D eigenvalue weighted by atomic mass is 16.5. The first kappa shape index (κ1) is 15.1. The third-order valence-corrected chi connectivity index (χ3v) is 4.73. The zero-order chi connectivity index (χ0) is 15.7. The number of nitrogens with zero attached hydrogens (tertiary/aromatic N) is 1. The van der Waals surface area contributed by atoms with E-state index in [9.17, 15) is 4.79 Å². The summed E-state index contributed by atoms with van der Waals surface area (Å²) in [4.78, 5) is 12.3. The van der Waals surface area contributed by atoms with Gasteiger partial charge in [-0.3, -0.25) is 4.79 Å². The number of amides is 1. The number of benzene rings is 1. The van der Waals surface area contributed by atoms with Gasteiger partial charge in [-0.2, -0.15) is 0 Å². The zero-order valence-corrected chi connectivity index (χ0v) is 13.6. The lowest BCUT2D eigenvalue weighted by molar-refractivity contribution is 0.0858. The molecule has 2 aromatic rings. The van der Waals surface area contributed by atoms with Crippen LogP contribution >= 0.6 is 0 Å². The normalized spacial score (nSPS) is 18.0. The van der Waals surface area contributed by atoms with Crippen LogP contribution in [-0.2, 0) is 11.3 Å². The molecule has 0 bridgehead atoms. The molecule has 0 saturated carbocycles. The number of nitrogens with one attached hydrogen (secondary N) is 1. The van der Waals surface area contributed by atoms with E-state index in [1.165, 1.54) is 22.2 Å². The summed E-state index contributed by atoms with van der Waals surface area (Å²) in [7, 11) is 0. The van der Waals surface area contributed by atoms with Crippen LogP contribution in [0.3, 0.4) is 0 Å². The first-order valence-corrected chi connectivity index (χ1v) is 8.11. The van der Waals surface area contributed by atoms with Gasteiger partial charge in [-0.1, -0.05) is 0 Å². The SMILES string of the molecule is CCn1c(C)c(C)c2cc(C(=O)NC[C@H]3CCCO3)ccc21. The quantitative estimate of drug-likeness (QED) is 0.942. The van der Waals surface area contributed by atoms with E-state index >= 15 is 0 Å². The lowest BCUT2D eigenvalue weighted by atomic mass is 10.1. The maximum absolute atomic E-state index is 12.3. The van der Waals surface area contributed by atoms with Gasteiger partial charge in [0.2, 0.25) is 0 Å². The molecule has 3 rings (SSSR count). The van der Waals surface area contributed by atoms with Crippen molar-refractivity contribution < 1.29 is 9.53 Å². The van der Waals surface area contributed by atoms with Crippen LogP contribution in [-0.4, -0.2) is 29.7 Å². The number of rotatable bonds is 4. The van der Waals surface area contributed by atoms with Gasteiger partial charge in [0.05, 0.1) is 6.10 Å². The summed E-state index contributed by atoms with van der Waals surface area (Å²) in [6.45, 7) is 8.77. The molecule has 0 spiro atoms. The Bertz CT molecular complexity index is 697. The topological polar surface area (TPSA) is 43.3 Å². The molecule has 0 unspecified atom stereocenters. The van der Waals surface area contributed by atoms with Gasteiger partial charge in [0.25, 0.3) is 5.91 Å². The zero-order valence-electron chi connectivity index (χ0n) is 13.6. The average molecular weight is 300 g/mol. The van der Waals surface area contributed by atoms with Crippen LogP contribution < -0.4 is 5.32 Å². The number of carbonyl (C=O) groups is 1. The number of fused-ring (bicyclic) bond motifs is 1. The molecule has 118 valence electrons. The first-order chi connectivity index (χ1) is 10.6. The van der Waals surface area contributed by atoms with Gasteiger partial charge in [0, 0.05) is 41.9 Å². The minimum absolute atomic E-state index is 0.0151. The van der Waals surface area contributed by atoms with Gasteiger partial charge in [0.15, 0.2) is 0 Å². The summed E-state index contributed by atoms with van der Waals surface area (Å²) in [6, 6.07) is 5.98. The first-order valence-electron chi connectivity index (χ1n) is 8.11. The van der Waals surface area contributed by atoms with Crippen LogP contribution in [0.25, 0.3) is 10.9 Å².